The normalized spacial score (nSPS) is 14.5. The topological polar surface area (TPSA) is 84.2 Å². The number of piperazine rings is 2. The van der Waals surface area contributed by atoms with Crippen molar-refractivity contribution in [2.24, 2.45) is 0 Å². The third-order valence-corrected chi connectivity index (χ3v) is 10.8. The SMILES string of the molecule is CC(C)(C)OC(=O)N1CCN(c2cccc3c2ccn3Cc2cccc(F)c2)CC1.CC(C)(C)OC(=O)N1CCNCC1.Fc1cccc(Cn2ccc3c(Br)cccc32)c1. The summed E-state index contributed by atoms with van der Waals surface area (Å²) < 4.78 is 42.8. The predicted molar refractivity (Wildman–Crippen MR) is 243 cm³/mol. The molecule has 2 fully saturated rings. The van der Waals surface area contributed by atoms with Crippen LogP contribution in [0.25, 0.3) is 21.8 Å². The Bertz CT molecular complexity index is 2410. The molecular weight excluding hydrogens is 842 g/mol. The summed E-state index contributed by atoms with van der Waals surface area (Å²) >= 11 is 3.53. The third kappa shape index (κ3) is 12.8. The zero-order chi connectivity index (χ0) is 43.7. The number of amides is 2. The number of halogens is 3. The molecule has 0 unspecified atom stereocenters. The summed E-state index contributed by atoms with van der Waals surface area (Å²) in [6.07, 6.45) is 3.63. The number of nitrogens with one attached hydrogen (secondary N) is 1. The summed E-state index contributed by atoms with van der Waals surface area (Å²) in [4.78, 5) is 29.6. The highest BCUT2D eigenvalue weighted by Gasteiger charge is 2.27. The van der Waals surface area contributed by atoms with Crippen LogP contribution in [0, 0.1) is 11.6 Å². The van der Waals surface area contributed by atoms with E-state index in [-0.39, 0.29) is 29.4 Å². The number of fused-ring (bicyclic) bond motifs is 2. The van der Waals surface area contributed by atoms with E-state index in [1.54, 1.807) is 34.1 Å². The summed E-state index contributed by atoms with van der Waals surface area (Å²) in [6.45, 7) is 18.6. The van der Waals surface area contributed by atoms with Gasteiger partial charge in [-0.15, -0.1) is 0 Å². The van der Waals surface area contributed by atoms with Gasteiger partial charge in [0.1, 0.15) is 22.8 Å². The number of carbonyl (C=O) groups excluding carboxylic acids is 2. The summed E-state index contributed by atoms with van der Waals surface area (Å²) in [5.74, 6) is -0.405. The molecule has 8 rings (SSSR count). The van der Waals surface area contributed by atoms with Gasteiger partial charge in [-0.1, -0.05) is 52.3 Å². The van der Waals surface area contributed by atoms with Crippen molar-refractivity contribution >= 4 is 55.6 Å². The Balaban J connectivity index is 0.000000170. The van der Waals surface area contributed by atoms with E-state index in [1.165, 1.54) is 22.9 Å². The summed E-state index contributed by atoms with van der Waals surface area (Å²) in [7, 11) is 0. The van der Waals surface area contributed by atoms with Crippen molar-refractivity contribution in [2.75, 3.05) is 57.3 Å². The first-order chi connectivity index (χ1) is 29.0. The molecule has 2 aliphatic heterocycles. The molecular formula is C48H57BrF2N6O4. The van der Waals surface area contributed by atoms with Crippen LogP contribution in [0.15, 0.2) is 114 Å². The zero-order valence-corrected chi connectivity index (χ0v) is 37.6. The summed E-state index contributed by atoms with van der Waals surface area (Å²) in [5.41, 5.74) is 4.46. The molecule has 10 nitrogen and oxygen atoms in total. The molecule has 2 saturated heterocycles. The molecule has 0 radical (unpaired) electrons. The van der Waals surface area contributed by atoms with Crippen molar-refractivity contribution in [1.82, 2.24) is 24.3 Å². The summed E-state index contributed by atoms with van der Waals surface area (Å²) in [5, 5.41) is 5.52. The first-order valence-electron chi connectivity index (χ1n) is 20.7. The van der Waals surface area contributed by atoms with E-state index < -0.39 is 5.60 Å². The molecule has 0 saturated carbocycles. The second kappa shape index (κ2) is 20.0. The molecule has 2 aliphatic rings. The molecule has 4 heterocycles. The van der Waals surface area contributed by atoms with Crippen molar-refractivity contribution in [3.8, 4) is 0 Å². The lowest BCUT2D eigenvalue weighted by atomic mass is 10.1. The smallest absolute Gasteiger partial charge is 0.410 e. The molecule has 2 aromatic heterocycles. The highest BCUT2D eigenvalue weighted by atomic mass is 79.9. The first kappa shape index (κ1) is 45.1. The van der Waals surface area contributed by atoms with E-state index in [2.05, 4.69) is 77.9 Å². The zero-order valence-electron chi connectivity index (χ0n) is 36.0. The number of benzene rings is 4. The number of hydrogen-bond acceptors (Lipinski definition) is 6. The van der Waals surface area contributed by atoms with Gasteiger partial charge in [0.15, 0.2) is 0 Å². The van der Waals surface area contributed by atoms with E-state index in [9.17, 15) is 18.4 Å². The quantitative estimate of drug-likeness (QED) is 0.186. The highest BCUT2D eigenvalue weighted by molar-refractivity contribution is 9.10. The van der Waals surface area contributed by atoms with Crippen molar-refractivity contribution in [3.63, 3.8) is 0 Å². The molecule has 324 valence electrons. The molecule has 0 atom stereocenters. The van der Waals surface area contributed by atoms with E-state index in [0.29, 0.717) is 26.2 Å². The number of aromatic nitrogens is 2. The molecule has 0 spiro atoms. The minimum atomic E-state index is -0.482. The Labute approximate surface area is 366 Å². The monoisotopic (exact) mass is 898 g/mol. The van der Waals surface area contributed by atoms with Crippen LogP contribution in [0.5, 0.6) is 0 Å². The number of hydrogen-bond donors (Lipinski definition) is 1. The molecule has 6 aromatic rings. The van der Waals surface area contributed by atoms with E-state index in [1.807, 2.05) is 72.0 Å². The molecule has 1 N–H and O–H groups in total. The van der Waals surface area contributed by atoms with Crippen LogP contribution in [0.3, 0.4) is 0 Å². The predicted octanol–water partition coefficient (Wildman–Crippen LogP) is 10.3. The van der Waals surface area contributed by atoms with Gasteiger partial charge in [0.2, 0.25) is 0 Å². The fourth-order valence-electron chi connectivity index (χ4n) is 7.24. The average molecular weight is 900 g/mol. The minimum absolute atomic E-state index is 0.190. The van der Waals surface area contributed by atoms with E-state index in [0.717, 1.165) is 71.6 Å². The number of ether oxygens (including phenoxy) is 2. The van der Waals surface area contributed by atoms with Crippen molar-refractivity contribution in [1.29, 1.82) is 0 Å². The first-order valence-corrected chi connectivity index (χ1v) is 21.5. The Kier molecular flexibility index (Phi) is 14.8. The third-order valence-electron chi connectivity index (χ3n) is 10.1. The standard InChI is InChI=1S/C24H28FN3O2.C15H11BrFN.C9H18N2O2/c1-24(2,3)30-23(29)27-14-12-26(13-15-27)21-8-5-9-22-20(21)10-11-28(22)17-18-6-4-7-19(25)16-18;16-14-5-2-6-15-13(14)7-8-18(15)10-11-3-1-4-12(17)9-11;1-9(2,3)13-8(12)11-6-4-10-5-7-11/h4-11,16H,12-15,17H2,1-3H3;1-9H,10H2;10H,4-7H2,1-3H3. The van der Waals surface area contributed by atoms with Gasteiger partial charge in [0, 0.05) is 104 Å². The second-order valence-corrected chi connectivity index (χ2v) is 18.1. The number of carbonyl (C=O) groups is 2. The van der Waals surface area contributed by atoms with Crippen molar-refractivity contribution in [2.45, 2.75) is 65.8 Å². The maximum absolute atomic E-state index is 13.5. The molecule has 61 heavy (non-hydrogen) atoms. The lowest BCUT2D eigenvalue weighted by molar-refractivity contribution is 0.0223. The minimum Gasteiger partial charge on any atom is -0.444 e. The molecule has 0 aliphatic carbocycles. The Hall–Kier alpha value is -5.40. The number of nitrogens with zero attached hydrogens (tertiary/aromatic N) is 5. The fourth-order valence-corrected chi connectivity index (χ4v) is 7.73. The van der Waals surface area contributed by atoms with Gasteiger partial charge in [-0.3, -0.25) is 0 Å². The molecule has 2 amide bonds. The Morgan fingerprint density at radius 3 is 1.57 bits per heavy atom. The Morgan fingerprint density at radius 1 is 0.607 bits per heavy atom. The molecule has 4 aromatic carbocycles. The maximum atomic E-state index is 13.5. The maximum Gasteiger partial charge on any atom is 0.410 e. The van der Waals surface area contributed by atoms with Crippen LogP contribution in [0.1, 0.15) is 52.7 Å². The molecule has 0 bridgehead atoms. The van der Waals surface area contributed by atoms with Crippen LogP contribution >= 0.6 is 15.9 Å². The number of anilines is 1. The Morgan fingerprint density at radius 2 is 1.07 bits per heavy atom. The van der Waals surface area contributed by atoms with Gasteiger partial charge < -0.3 is 38.6 Å². The van der Waals surface area contributed by atoms with Crippen molar-refractivity contribution < 1.29 is 27.8 Å². The lowest BCUT2D eigenvalue weighted by Crippen LogP contribution is -2.50. The van der Waals surface area contributed by atoms with Crippen LogP contribution < -0.4 is 10.2 Å². The van der Waals surface area contributed by atoms with Crippen LogP contribution in [0.4, 0.5) is 24.1 Å². The van der Waals surface area contributed by atoms with Gasteiger partial charge in [-0.2, -0.15) is 0 Å². The molecule has 13 heteroatoms. The van der Waals surface area contributed by atoms with Gasteiger partial charge in [0.05, 0.1) is 5.52 Å². The van der Waals surface area contributed by atoms with Gasteiger partial charge in [0.25, 0.3) is 0 Å². The summed E-state index contributed by atoms with van der Waals surface area (Å²) in [6, 6.07) is 30.0. The second-order valence-electron chi connectivity index (χ2n) is 17.2. The van der Waals surface area contributed by atoms with Crippen molar-refractivity contribution in [3.05, 3.63) is 137 Å². The van der Waals surface area contributed by atoms with Crippen LogP contribution in [-0.4, -0.2) is 94.7 Å². The largest absolute Gasteiger partial charge is 0.444 e. The average Bonchev–Trinajstić information content (AvgIpc) is 3.82. The lowest BCUT2D eigenvalue weighted by Gasteiger charge is -2.37. The van der Waals surface area contributed by atoms with Gasteiger partial charge in [-0.25, -0.2) is 18.4 Å². The van der Waals surface area contributed by atoms with Crippen LogP contribution in [0.2, 0.25) is 0 Å². The highest BCUT2D eigenvalue weighted by Crippen LogP contribution is 2.30. The van der Waals surface area contributed by atoms with Gasteiger partial charge >= 0.3 is 12.2 Å². The van der Waals surface area contributed by atoms with E-state index >= 15 is 0 Å². The van der Waals surface area contributed by atoms with E-state index in [4.69, 9.17) is 9.47 Å². The number of rotatable bonds is 5. The van der Waals surface area contributed by atoms with Gasteiger partial charge in [-0.05, 0) is 113 Å². The fraction of sp³-hybridized carbons (Fsp3) is 0.375. The van der Waals surface area contributed by atoms with Crippen LogP contribution in [-0.2, 0) is 22.6 Å².